The van der Waals surface area contributed by atoms with Crippen LogP contribution in [-0.2, 0) is 4.79 Å². The molecule has 0 radical (unpaired) electrons. The number of nitrogens with zero attached hydrogens (tertiary/aromatic N) is 6. The minimum Gasteiger partial charge on any atom is -0.353 e. The molecule has 0 atom stereocenters. The monoisotopic (exact) mass is 402 g/mol. The molecule has 1 aliphatic heterocycles. The van der Waals surface area contributed by atoms with Gasteiger partial charge in [-0.15, -0.1) is 0 Å². The number of aryl methyl sites for hydroxylation is 3. The van der Waals surface area contributed by atoms with Crippen molar-refractivity contribution in [2.24, 2.45) is 0 Å². The summed E-state index contributed by atoms with van der Waals surface area (Å²) in [5.41, 5.74) is 4.22. The Bertz CT molecular complexity index is 1080. The summed E-state index contributed by atoms with van der Waals surface area (Å²) in [5, 5.41) is 4.50. The summed E-state index contributed by atoms with van der Waals surface area (Å²) < 4.78 is 1.83. The van der Waals surface area contributed by atoms with Crippen LogP contribution in [0, 0.1) is 20.8 Å². The van der Waals surface area contributed by atoms with E-state index in [1.165, 1.54) is 0 Å². The Hall–Kier alpha value is -3.48. The molecule has 1 aromatic carbocycles. The molecule has 0 N–H and O–H groups in total. The zero-order valence-corrected chi connectivity index (χ0v) is 17.6. The third-order valence-electron chi connectivity index (χ3n) is 5.37. The van der Waals surface area contributed by atoms with Crippen molar-refractivity contribution in [3.05, 3.63) is 71.3 Å². The van der Waals surface area contributed by atoms with Gasteiger partial charge < -0.3 is 9.80 Å². The molecule has 0 bridgehead atoms. The topological polar surface area (TPSA) is 67.2 Å². The molecule has 3 heterocycles. The molecule has 0 saturated carbocycles. The summed E-state index contributed by atoms with van der Waals surface area (Å²) >= 11 is 0. The number of aromatic nitrogens is 4. The Morgan fingerprint density at radius 2 is 1.70 bits per heavy atom. The SMILES string of the molecule is Cc1cc(C)n(-c2cc(N3CCN(C(=O)/C=C/c4ccccc4C)CC3)ncn2)n1. The van der Waals surface area contributed by atoms with E-state index in [0.717, 1.165) is 47.2 Å². The number of carbonyl (C=O) groups excluding carboxylic acids is 1. The molecule has 2 aromatic heterocycles. The van der Waals surface area contributed by atoms with E-state index in [9.17, 15) is 4.79 Å². The molecule has 1 saturated heterocycles. The fourth-order valence-electron chi connectivity index (χ4n) is 3.68. The Morgan fingerprint density at radius 3 is 2.40 bits per heavy atom. The van der Waals surface area contributed by atoms with E-state index in [2.05, 4.69) is 20.0 Å². The van der Waals surface area contributed by atoms with E-state index in [4.69, 9.17) is 0 Å². The summed E-state index contributed by atoms with van der Waals surface area (Å²) in [4.78, 5) is 25.5. The van der Waals surface area contributed by atoms with Crippen LogP contribution in [-0.4, -0.2) is 56.7 Å². The maximum Gasteiger partial charge on any atom is 0.246 e. The molecule has 154 valence electrons. The Morgan fingerprint density at radius 1 is 0.967 bits per heavy atom. The molecule has 4 rings (SSSR count). The number of rotatable bonds is 4. The number of carbonyl (C=O) groups is 1. The maximum absolute atomic E-state index is 12.6. The summed E-state index contributed by atoms with van der Waals surface area (Å²) in [7, 11) is 0. The fourth-order valence-corrected chi connectivity index (χ4v) is 3.68. The maximum atomic E-state index is 12.6. The molecule has 7 heteroatoms. The van der Waals surface area contributed by atoms with Crippen LogP contribution >= 0.6 is 0 Å². The van der Waals surface area contributed by atoms with Crippen LogP contribution in [0.15, 0.2) is 48.8 Å². The average molecular weight is 403 g/mol. The molecule has 3 aromatic rings. The van der Waals surface area contributed by atoms with E-state index in [1.54, 1.807) is 12.4 Å². The van der Waals surface area contributed by atoms with Gasteiger partial charge in [-0.2, -0.15) is 5.10 Å². The molecule has 1 fully saturated rings. The third kappa shape index (κ3) is 4.25. The summed E-state index contributed by atoms with van der Waals surface area (Å²) in [6.45, 7) is 8.82. The van der Waals surface area contributed by atoms with Crippen LogP contribution in [0.4, 0.5) is 5.82 Å². The van der Waals surface area contributed by atoms with E-state index < -0.39 is 0 Å². The summed E-state index contributed by atoms with van der Waals surface area (Å²) in [6.07, 6.45) is 5.14. The number of anilines is 1. The van der Waals surface area contributed by atoms with Crippen molar-refractivity contribution in [1.29, 1.82) is 0 Å². The Balaban J connectivity index is 1.40. The second-order valence-electron chi connectivity index (χ2n) is 7.58. The lowest BCUT2D eigenvalue weighted by molar-refractivity contribution is -0.126. The highest BCUT2D eigenvalue weighted by atomic mass is 16.2. The van der Waals surface area contributed by atoms with Crippen LogP contribution in [0.1, 0.15) is 22.5 Å². The van der Waals surface area contributed by atoms with Crippen molar-refractivity contribution in [2.45, 2.75) is 20.8 Å². The van der Waals surface area contributed by atoms with Gasteiger partial charge in [0.25, 0.3) is 0 Å². The lowest BCUT2D eigenvalue weighted by atomic mass is 10.1. The second kappa shape index (κ2) is 8.49. The molecule has 1 amide bonds. The van der Waals surface area contributed by atoms with Crippen molar-refractivity contribution >= 4 is 17.8 Å². The van der Waals surface area contributed by atoms with Gasteiger partial charge in [-0.25, -0.2) is 14.6 Å². The molecule has 0 spiro atoms. The summed E-state index contributed by atoms with van der Waals surface area (Å²) in [5.74, 6) is 1.66. The second-order valence-corrected chi connectivity index (χ2v) is 7.58. The quantitative estimate of drug-likeness (QED) is 0.628. The van der Waals surface area contributed by atoms with Gasteiger partial charge in [-0.1, -0.05) is 24.3 Å². The molecule has 30 heavy (non-hydrogen) atoms. The fraction of sp³-hybridized carbons (Fsp3) is 0.304. The molecule has 1 aliphatic rings. The first-order valence-corrected chi connectivity index (χ1v) is 10.1. The lowest BCUT2D eigenvalue weighted by Gasteiger charge is -2.35. The van der Waals surface area contributed by atoms with Crippen molar-refractivity contribution in [2.75, 3.05) is 31.1 Å². The van der Waals surface area contributed by atoms with Gasteiger partial charge in [-0.3, -0.25) is 4.79 Å². The van der Waals surface area contributed by atoms with Crippen molar-refractivity contribution in [1.82, 2.24) is 24.6 Å². The van der Waals surface area contributed by atoms with E-state index >= 15 is 0 Å². The van der Waals surface area contributed by atoms with Crippen molar-refractivity contribution in [3.63, 3.8) is 0 Å². The van der Waals surface area contributed by atoms with Gasteiger partial charge in [-0.05, 0) is 44.0 Å². The smallest absolute Gasteiger partial charge is 0.246 e. The molecular weight excluding hydrogens is 376 g/mol. The van der Waals surface area contributed by atoms with Gasteiger partial charge in [0.1, 0.15) is 12.1 Å². The number of benzene rings is 1. The van der Waals surface area contributed by atoms with Crippen LogP contribution in [0.2, 0.25) is 0 Å². The normalized spacial score (nSPS) is 14.5. The molecule has 0 aliphatic carbocycles. The zero-order chi connectivity index (χ0) is 21.1. The average Bonchev–Trinajstić information content (AvgIpc) is 3.11. The highest BCUT2D eigenvalue weighted by molar-refractivity contribution is 5.92. The number of hydrogen-bond donors (Lipinski definition) is 0. The highest BCUT2D eigenvalue weighted by Crippen LogP contribution is 2.18. The van der Waals surface area contributed by atoms with Crippen LogP contribution in [0.3, 0.4) is 0 Å². The van der Waals surface area contributed by atoms with Gasteiger partial charge in [0, 0.05) is 44.0 Å². The van der Waals surface area contributed by atoms with E-state index in [0.29, 0.717) is 13.1 Å². The Kier molecular flexibility index (Phi) is 5.61. The summed E-state index contributed by atoms with van der Waals surface area (Å²) in [6, 6.07) is 12.0. The largest absolute Gasteiger partial charge is 0.353 e. The first kappa shape index (κ1) is 19.8. The lowest BCUT2D eigenvalue weighted by Crippen LogP contribution is -2.48. The molecule has 7 nitrogen and oxygen atoms in total. The van der Waals surface area contributed by atoms with Crippen LogP contribution in [0.25, 0.3) is 11.9 Å². The molecule has 0 unspecified atom stereocenters. The number of piperazine rings is 1. The van der Waals surface area contributed by atoms with E-state index in [-0.39, 0.29) is 5.91 Å². The zero-order valence-electron chi connectivity index (χ0n) is 17.6. The van der Waals surface area contributed by atoms with Gasteiger partial charge >= 0.3 is 0 Å². The van der Waals surface area contributed by atoms with Crippen molar-refractivity contribution < 1.29 is 4.79 Å². The number of hydrogen-bond acceptors (Lipinski definition) is 5. The Labute approximate surface area is 176 Å². The van der Waals surface area contributed by atoms with Crippen LogP contribution in [0.5, 0.6) is 0 Å². The van der Waals surface area contributed by atoms with Crippen LogP contribution < -0.4 is 4.90 Å². The number of amides is 1. The predicted octanol–water partition coefficient (Wildman–Crippen LogP) is 2.95. The van der Waals surface area contributed by atoms with Gasteiger partial charge in [0.05, 0.1) is 5.69 Å². The minimum atomic E-state index is 0.0453. The molecular formula is C23H26N6O. The third-order valence-corrected chi connectivity index (χ3v) is 5.37. The van der Waals surface area contributed by atoms with Gasteiger partial charge in [0.2, 0.25) is 5.91 Å². The minimum absolute atomic E-state index is 0.0453. The first-order chi connectivity index (χ1) is 14.5. The predicted molar refractivity (Wildman–Crippen MR) is 118 cm³/mol. The van der Waals surface area contributed by atoms with Gasteiger partial charge in [0.15, 0.2) is 5.82 Å². The van der Waals surface area contributed by atoms with Crippen molar-refractivity contribution in [3.8, 4) is 5.82 Å². The van der Waals surface area contributed by atoms with E-state index in [1.807, 2.05) is 72.8 Å². The first-order valence-electron chi connectivity index (χ1n) is 10.1. The standard InChI is InChI=1S/C23H26N6O/c1-17-6-4-5-7-20(17)8-9-23(30)28-12-10-27(11-13-28)21-15-22(25-16-24-21)29-19(3)14-18(2)26-29/h4-9,14-16H,10-13H2,1-3H3/b9-8+. The highest BCUT2D eigenvalue weighted by Gasteiger charge is 2.21.